The van der Waals surface area contributed by atoms with Crippen molar-refractivity contribution in [2.75, 3.05) is 13.1 Å². The molecule has 0 bridgehead atoms. The van der Waals surface area contributed by atoms with Gasteiger partial charge in [-0.2, -0.15) is 4.98 Å². The van der Waals surface area contributed by atoms with Gasteiger partial charge in [0.2, 0.25) is 11.7 Å². The highest BCUT2D eigenvalue weighted by Crippen LogP contribution is 2.25. The Balaban J connectivity index is 1.95. The Morgan fingerprint density at radius 3 is 3.00 bits per heavy atom. The number of nitrogens with one attached hydrogen (secondary N) is 1. The quantitative estimate of drug-likeness (QED) is 0.905. The summed E-state index contributed by atoms with van der Waals surface area (Å²) in [5, 5.41) is 7.11. The second kappa shape index (κ2) is 3.95. The van der Waals surface area contributed by atoms with Crippen molar-refractivity contribution in [1.82, 2.24) is 20.4 Å². The van der Waals surface area contributed by atoms with E-state index in [2.05, 4.69) is 36.4 Å². The maximum Gasteiger partial charge on any atom is 0.232 e. The molecule has 1 N–H and O–H groups in total. The van der Waals surface area contributed by atoms with Crippen LogP contribution in [0.3, 0.4) is 0 Å². The van der Waals surface area contributed by atoms with E-state index in [4.69, 9.17) is 4.52 Å². The fourth-order valence-corrected chi connectivity index (χ4v) is 1.94. The fraction of sp³-hybridized carbons (Fsp3) is 0.300. The van der Waals surface area contributed by atoms with Crippen LogP contribution in [0.1, 0.15) is 11.8 Å². The highest BCUT2D eigenvalue weighted by atomic mass is 79.9. The predicted molar refractivity (Wildman–Crippen MR) is 60.8 cm³/mol. The average Bonchev–Trinajstić information content (AvgIpc) is 2.65. The molecule has 82 valence electrons. The summed E-state index contributed by atoms with van der Waals surface area (Å²) in [6.45, 7) is 1.82. The summed E-state index contributed by atoms with van der Waals surface area (Å²) in [7, 11) is 0. The number of hydrogen-bond acceptors (Lipinski definition) is 5. The molecular formula is C10H9BrN4O. The molecule has 1 aliphatic heterocycles. The van der Waals surface area contributed by atoms with E-state index in [1.807, 2.05) is 12.1 Å². The molecule has 0 radical (unpaired) electrons. The first-order valence-electron chi connectivity index (χ1n) is 5.00. The summed E-state index contributed by atoms with van der Waals surface area (Å²) in [6.07, 6.45) is 1.71. The number of hydrogen-bond donors (Lipinski definition) is 1. The molecule has 3 rings (SSSR count). The highest BCUT2D eigenvalue weighted by molar-refractivity contribution is 9.10. The minimum atomic E-state index is 0.351. The minimum absolute atomic E-state index is 0.351. The van der Waals surface area contributed by atoms with Gasteiger partial charge in [0.05, 0.1) is 5.92 Å². The van der Waals surface area contributed by atoms with Gasteiger partial charge >= 0.3 is 0 Å². The zero-order valence-electron chi connectivity index (χ0n) is 8.35. The lowest BCUT2D eigenvalue weighted by molar-refractivity contribution is 0.308. The van der Waals surface area contributed by atoms with E-state index in [1.165, 1.54) is 0 Å². The molecule has 0 atom stereocenters. The lowest BCUT2D eigenvalue weighted by Crippen LogP contribution is -2.40. The maximum absolute atomic E-state index is 5.22. The van der Waals surface area contributed by atoms with Gasteiger partial charge in [0.1, 0.15) is 5.69 Å². The number of aromatic nitrogens is 3. The fourth-order valence-electron chi connectivity index (χ4n) is 1.51. The zero-order chi connectivity index (χ0) is 11.0. The Labute approximate surface area is 100 Å². The number of pyridine rings is 1. The van der Waals surface area contributed by atoms with E-state index < -0.39 is 0 Å². The van der Waals surface area contributed by atoms with Gasteiger partial charge < -0.3 is 9.84 Å². The van der Waals surface area contributed by atoms with E-state index in [0.717, 1.165) is 17.6 Å². The molecule has 1 saturated heterocycles. The molecule has 0 unspecified atom stereocenters. The van der Waals surface area contributed by atoms with Gasteiger partial charge in [-0.15, -0.1) is 0 Å². The summed E-state index contributed by atoms with van der Waals surface area (Å²) >= 11 is 3.41. The van der Waals surface area contributed by atoms with Crippen LogP contribution in [0.2, 0.25) is 0 Å². The van der Waals surface area contributed by atoms with Crippen LogP contribution in [0.4, 0.5) is 0 Å². The molecule has 0 amide bonds. The van der Waals surface area contributed by atoms with Crippen LogP contribution in [0.5, 0.6) is 0 Å². The van der Waals surface area contributed by atoms with Gasteiger partial charge in [-0.05, 0) is 28.1 Å². The van der Waals surface area contributed by atoms with Crippen LogP contribution in [0, 0.1) is 0 Å². The van der Waals surface area contributed by atoms with Gasteiger partial charge in [-0.3, -0.25) is 4.98 Å². The van der Waals surface area contributed by atoms with Gasteiger partial charge in [0, 0.05) is 23.8 Å². The van der Waals surface area contributed by atoms with Gasteiger partial charge in [-0.25, -0.2) is 0 Å². The van der Waals surface area contributed by atoms with Crippen molar-refractivity contribution >= 4 is 15.9 Å². The van der Waals surface area contributed by atoms with Crippen LogP contribution in [-0.4, -0.2) is 28.2 Å². The molecule has 1 aliphatic rings. The third-order valence-electron chi connectivity index (χ3n) is 2.54. The lowest BCUT2D eigenvalue weighted by Gasteiger charge is -2.22. The van der Waals surface area contributed by atoms with Crippen LogP contribution in [0.25, 0.3) is 11.5 Å². The Morgan fingerprint density at radius 1 is 1.44 bits per heavy atom. The SMILES string of the molecule is Brc1cccnc1-c1noc(C2CNC2)n1. The molecule has 0 aliphatic carbocycles. The molecule has 1 fully saturated rings. The van der Waals surface area contributed by atoms with E-state index in [0.29, 0.717) is 23.3 Å². The van der Waals surface area contributed by atoms with Crippen LogP contribution >= 0.6 is 15.9 Å². The van der Waals surface area contributed by atoms with Crippen molar-refractivity contribution in [3.8, 4) is 11.5 Å². The summed E-state index contributed by atoms with van der Waals surface area (Å²) in [4.78, 5) is 8.57. The summed E-state index contributed by atoms with van der Waals surface area (Å²) < 4.78 is 6.09. The van der Waals surface area contributed by atoms with Crippen molar-refractivity contribution in [1.29, 1.82) is 0 Å². The number of halogens is 1. The lowest BCUT2D eigenvalue weighted by atomic mass is 10.0. The standard InChI is InChI=1S/C10H9BrN4O/c11-7-2-1-3-13-8(7)9-14-10(16-15-9)6-4-12-5-6/h1-3,6,12H,4-5H2. The Kier molecular flexibility index (Phi) is 2.45. The van der Waals surface area contributed by atoms with Gasteiger partial charge in [0.15, 0.2) is 0 Å². The molecule has 2 aromatic rings. The Morgan fingerprint density at radius 2 is 2.31 bits per heavy atom. The highest BCUT2D eigenvalue weighted by Gasteiger charge is 2.25. The normalized spacial score (nSPS) is 16.1. The third-order valence-corrected chi connectivity index (χ3v) is 3.18. The van der Waals surface area contributed by atoms with E-state index in [-0.39, 0.29) is 0 Å². The zero-order valence-corrected chi connectivity index (χ0v) is 9.94. The number of nitrogens with zero attached hydrogens (tertiary/aromatic N) is 3. The summed E-state index contributed by atoms with van der Waals surface area (Å²) in [5.41, 5.74) is 0.713. The average molecular weight is 281 g/mol. The Bertz CT molecular complexity index is 509. The third kappa shape index (κ3) is 1.64. The molecule has 6 heteroatoms. The molecular weight excluding hydrogens is 272 g/mol. The monoisotopic (exact) mass is 280 g/mol. The smallest absolute Gasteiger partial charge is 0.232 e. The molecule has 0 saturated carbocycles. The van der Waals surface area contributed by atoms with E-state index in [1.54, 1.807) is 6.20 Å². The molecule has 3 heterocycles. The van der Waals surface area contributed by atoms with Crippen molar-refractivity contribution in [2.24, 2.45) is 0 Å². The van der Waals surface area contributed by atoms with Crippen molar-refractivity contribution in [2.45, 2.75) is 5.92 Å². The topological polar surface area (TPSA) is 63.8 Å². The first-order chi connectivity index (χ1) is 7.84. The molecule has 5 nitrogen and oxygen atoms in total. The van der Waals surface area contributed by atoms with E-state index in [9.17, 15) is 0 Å². The Hall–Kier alpha value is -1.27. The molecule has 0 spiro atoms. The largest absolute Gasteiger partial charge is 0.339 e. The molecule has 2 aromatic heterocycles. The van der Waals surface area contributed by atoms with E-state index >= 15 is 0 Å². The van der Waals surface area contributed by atoms with Crippen LogP contribution < -0.4 is 5.32 Å². The van der Waals surface area contributed by atoms with Gasteiger partial charge in [0.25, 0.3) is 0 Å². The van der Waals surface area contributed by atoms with Crippen molar-refractivity contribution < 1.29 is 4.52 Å². The number of rotatable bonds is 2. The molecule has 0 aromatic carbocycles. The van der Waals surface area contributed by atoms with Gasteiger partial charge in [-0.1, -0.05) is 5.16 Å². The minimum Gasteiger partial charge on any atom is -0.339 e. The van der Waals surface area contributed by atoms with Crippen molar-refractivity contribution in [3.05, 3.63) is 28.7 Å². The maximum atomic E-state index is 5.22. The second-order valence-corrected chi connectivity index (χ2v) is 4.50. The summed E-state index contributed by atoms with van der Waals surface area (Å²) in [6, 6.07) is 3.76. The first kappa shape index (κ1) is 9.92. The second-order valence-electron chi connectivity index (χ2n) is 3.65. The summed E-state index contributed by atoms with van der Waals surface area (Å²) in [5.74, 6) is 1.57. The van der Waals surface area contributed by atoms with Crippen LogP contribution in [-0.2, 0) is 0 Å². The molecule has 16 heavy (non-hydrogen) atoms. The first-order valence-corrected chi connectivity index (χ1v) is 5.79. The predicted octanol–water partition coefficient (Wildman–Crippen LogP) is 1.58. The van der Waals surface area contributed by atoms with Crippen molar-refractivity contribution in [3.63, 3.8) is 0 Å². The van der Waals surface area contributed by atoms with Crippen LogP contribution in [0.15, 0.2) is 27.3 Å².